The van der Waals surface area contributed by atoms with E-state index in [0.29, 0.717) is 13.0 Å². The first-order valence-electron chi connectivity index (χ1n) is 7.76. The Morgan fingerprint density at radius 1 is 1.30 bits per heavy atom. The highest BCUT2D eigenvalue weighted by Gasteiger charge is 2.18. The number of likely N-dealkylation sites (tertiary alicyclic amines) is 1. The molecule has 1 aliphatic rings. The van der Waals surface area contributed by atoms with E-state index in [1.165, 1.54) is 0 Å². The summed E-state index contributed by atoms with van der Waals surface area (Å²) in [5.41, 5.74) is 0. The first kappa shape index (κ1) is 17.0. The molecule has 1 rings (SSSR count). The minimum absolute atomic E-state index is 0.142. The molecule has 0 saturated carbocycles. The third kappa shape index (κ3) is 6.37. The number of hydrogen-bond donors (Lipinski definition) is 0. The largest absolute Gasteiger partial charge is 0.381 e. The van der Waals surface area contributed by atoms with Crippen LogP contribution in [0.1, 0.15) is 46.0 Å². The molecule has 5 nitrogen and oxygen atoms in total. The van der Waals surface area contributed by atoms with Gasteiger partial charge in [-0.05, 0) is 32.6 Å². The smallest absolute Gasteiger partial charge is 0.222 e. The van der Waals surface area contributed by atoms with Gasteiger partial charge in [-0.2, -0.15) is 0 Å². The molecule has 0 aromatic rings. The van der Waals surface area contributed by atoms with Crippen molar-refractivity contribution in [2.45, 2.75) is 46.0 Å². The van der Waals surface area contributed by atoms with E-state index in [-0.39, 0.29) is 11.8 Å². The fourth-order valence-electron chi connectivity index (χ4n) is 2.45. The minimum atomic E-state index is 0.142. The SMILES string of the molecule is CCN(CCCCOCCCN1CCCC1=O)C(C)=O. The Hall–Kier alpha value is -1.10. The van der Waals surface area contributed by atoms with Crippen molar-refractivity contribution in [1.82, 2.24) is 9.80 Å². The number of rotatable bonds is 10. The van der Waals surface area contributed by atoms with Crippen LogP contribution in [0, 0.1) is 0 Å². The molecule has 0 unspecified atom stereocenters. The molecule has 0 aromatic heterocycles. The lowest BCUT2D eigenvalue weighted by molar-refractivity contribution is -0.129. The second-order valence-electron chi connectivity index (χ2n) is 5.26. The van der Waals surface area contributed by atoms with Gasteiger partial charge in [-0.3, -0.25) is 9.59 Å². The van der Waals surface area contributed by atoms with Crippen LogP contribution in [-0.4, -0.2) is 61.0 Å². The second kappa shape index (κ2) is 9.75. The Balaban J connectivity index is 1.89. The van der Waals surface area contributed by atoms with Crippen LogP contribution in [0.2, 0.25) is 0 Å². The number of carbonyl (C=O) groups excluding carboxylic acids is 2. The van der Waals surface area contributed by atoms with Crippen molar-refractivity contribution in [2.75, 3.05) is 39.4 Å². The Kier molecular flexibility index (Phi) is 8.26. The van der Waals surface area contributed by atoms with E-state index >= 15 is 0 Å². The van der Waals surface area contributed by atoms with Crippen LogP contribution in [0.5, 0.6) is 0 Å². The lowest BCUT2D eigenvalue weighted by atomic mass is 10.3. The van der Waals surface area contributed by atoms with E-state index in [2.05, 4.69) is 0 Å². The van der Waals surface area contributed by atoms with Crippen LogP contribution in [0.25, 0.3) is 0 Å². The van der Waals surface area contributed by atoms with Crippen LogP contribution in [-0.2, 0) is 14.3 Å². The third-order valence-corrected chi connectivity index (χ3v) is 3.68. The predicted molar refractivity (Wildman–Crippen MR) is 78.4 cm³/mol. The van der Waals surface area contributed by atoms with Crippen molar-refractivity contribution in [3.05, 3.63) is 0 Å². The van der Waals surface area contributed by atoms with Gasteiger partial charge < -0.3 is 14.5 Å². The molecule has 1 heterocycles. The number of ether oxygens (including phenoxy) is 1. The van der Waals surface area contributed by atoms with Crippen molar-refractivity contribution < 1.29 is 14.3 Å². The van der Waals surface area contributed by atoms with E-state index in [0.717, 1.165) is 58.5 Å². The van der Waals surface area contributed by atoms with Crippen molar-refractivity contribution in [3.63, 3.8) is 0 Å². The highest BCUT2D eigenvalue weighted by molar-refractivity contribution is 5.78. The van der Waals surface area contributed by atoms with E-state index < -0.39 is 0 Å². The van der Waals surface area contributed by atoms with Gasteiger partial charge in [0.15, 0.2) is 0 Å². The number of unbranched alkanes of at least 4 members (excludes halogenated alkanes) is 1. The van der Waals surface area contributed by atoms with Crippen LogP contribution in [0.3, 0.4) is 0 Å². The van der Waals surface area contributed by atoms with Gasteiger partial charge in [-0.25, -0.2) is 0 Å². The summed E-state index contributed by atoms with van der Waals surface area (Å²) in [6.07, 6.45) is 4.60. The Bertz CT molecular complexity index is 299. The second-order valence-corrected chi connectivity index (χ2v) is 5.26. The number of amides is 2. The number of hydrogen-bond acceptors (Lipinski definition) is 3. The van der Waals surface area contributed by atoms with Crippen molar-refractivity contribution >= 4 is 11.8 Å². The molecule has 1 saturated heterocycles. The summed E-state index contributed by atoms with van der Waals surface area (Å²) in [6, 6.07) is 0. The van der Waals surface area contributed by atoms with Crippen molar-refractivity contribution in [1.29, 1.82) is 0 Å². The maximum absolute atomic E-state index is 11.4. The number of nitrogens with zero attached hydrogens (tertiary/aromatic N) is 2. The molecule has 0 radical (unpaired) electrons. The van der Waals surface area contributed by atoms with Gasteiger partial charge in [0, 0.05) is 52.7 Å². The Morgan fingerprint density at radius 2 is 2.05 bits per heavy atom. The normalized spacial score (nSPS) is 14.9. The third-order valence-electron chi connectivity index (χ3n) is 3.68. The Labute approximate surface area is 122 Å². The van der Waals surface area contributed by atoms with Crippen LogP contribution >= 0.6 is 0 Å². The first-order valence-corrected chi connectivity index (χ1v) is 7.76. The number of carbonyl (C=O) groups is 2. The summed E-state index contributed by atoms with van der Waals surface area (Å²) < 4.78 is 5.56. The lowest BCUT2D eigenvalue weighted by Gasteiger charge is -2.18. The van der Waals surface area contributed by atoms with Crippen LogP contribution in [0.15, 0.2) is 0 Å². The summed E-state index contributed by atoms with van der Waals surface area (Å²) in [5, 5.41) is 0. The van der Waals surface area contributed by atoms with Gasteiger partial charge in [0.05, 0.1) is 0 Å². The van der Waals surface area contributed by atoms with E-state index in [4.69, 9.17) is 4.74 Å². The molecular formula is C15H28N2O3. The standard InChI is InChI=1S/C15H28N2O3/c1-3-16(14(2)18)9-4-5-12-20-13-7-11-17-10-6-8-15(17)19/h3-13H2,1-2H3. The monoisotopic (exact) mass is 284 g/mol. The van der Waals surface area contributed by atoms with E-state index in [1.807, 2.05) is 16.7 Å². The molecule has 5 heteroatoms. The van der Waals surface area contributed by atoms with Gasteiger partial charge >= 0.3 is 0 Å². The highest BCUT2D eigenvalue weighted by atomic mass is 16.5. The zero-order valence-electron chi connectivity index (χ0n) is 12.9. The summed E-state index contributed by atoms with van der Waals surface area (Å²) in [5.74, 6) is 0.428. The minimum Gasteiger partial charge on any atom is -0.381 e. The van der Waals surface area contributed by atoms with Crippen molar-refractivity contribution in [3.8, 4) is 0 Å². The summed E-state index contributed by atoms with van der Waals surface area (Å²) in [6.45, 7) is 8.40. The molecule has 0 bridgehead atoms. The first-order chi connectivity index (χ1) is 9.65. The van der Waals surface area contributed by atoms with E-state index in [9.17, 15) is 9.59 Å². The molecule has 0 aliphatic carbocycles. The molecule has 0 N–H and O–H groups in total. The van der Waals surface area contributed by atoms with Crippen molar-refractivity contribution in [2.24, 2.45) is 0 Å². The molecule has 0 spiro atoms. The summed E-state index contributed by atoms with van der Waals surface area (Å²) in [4.78, 5) is 26.3. The molecular weight excluding hydrogens is 256 g/mol. The quantitative estimate of drug-likeness (QED) is 0.573. The van der Waals surface area contributed by atoms with E-state index in [1.54, 1.807) is 6.92 Å². The average molecular weight is 284 g/mol. The molecule has 1 fully saturated rings. The van der Waals surface area contributed by atoms with Gasteiger partial charge in [-0.15, -0.1) is 0 Å². The maximum atomic E-state index is 11.4. The zero-order chi connectivity index (χ0) is 14.8. The van der Waals surface area contributed by atoms with Gasteiger partial charge in [0.1, 0.15) is 0 Å². The van der Waals surface area contributed by atoms with Crippen LogP contribution < -0.4 is 0 Å². The molecule has 0 atom stereocenters. The zero-order valence-corrected chi connectivity index (χ0v) is 12.9. The van der Waals surface area contributed by atoms with Crippen LogP contribution in [0.4, 0.5) is 0 Å². The topological polar surface area (TPSA) is 49.9 Å². The fraction of sp³-hybridized carbons (Fsp3) is 0.867. The van der Waals surface area contributed by atoms with Gasteiger partial charge in [0.25, 0.3) is 0 Å². The molecule has 2 amide bonds. The fourth-order valence-corrected chi connectivity index (χ4v) is 2.45. The molecule has 0 aromatic carbocycles. The predicted octanol–water partition coefficient (Wildman–Crippen LogP) is 1.66. The summed E-state index contributed by atoms with van der Waals surface area (Å²) in [7, 11) is 0. The van der Waals surface area contributed by atoms with Gasteiger partial charge in [0.2, 0.25) is 11.8 Å². The molecule has 20 heavy (non-hydrogen) atoms. The maximum Gasteiger partial charge on any atom is 0.222 e. The molecule has 1 aliphatic heterocycles. The van der Waals surface area contributed by atoms with Gasteiger partial charge in [-0.1, -0.05) is 0 Å². The summed E-state index contributed by atoms with van der Waals surface area (Å²) >= 11 is 0. The molecule has 116 valence electrons. The highest BCUT2D eigenvalue weighted by Crippen LogP contribution is 2.09. The average Bonchev–Trinajstić information content (AvgIpc) is 2.82. The lowest BCUT2D eigenvalue weighted by Crippen LogP contribution is -2.29. The Morgan fingerprint density at radius 3 is 2.65 bits per heavy atom.